The predicted octanol–water partition coefficient (Wildman–Crippen LogP) is 1.86. The van der Waals surface area contributed by atoms with E-state index in [1.165, 1.54) is 17.6 Å². The van der Waals surface area contributed by atoms with Gasteiger partial charge in [-0.25, -0.2) is 4.98 Å². The Morgan fingerprint density at radius 1 is 1.07 bits per heavy atom. The summed E-state index contributed by atoms with van der Waals surface area (Å²) < 4.78 is 0. The molecule has 2 N–H and O–H groups in total. The van der Waals surface area contributed by atoms with Crippen molar-refractivity contribution in [2.75, 3.05) is 24.5 Å². The summed E-state index contributed by atoms with van der Waals surface area (Å²) in [6, 6.07) is 5.91. The van der Waals surface area contributed by atoms with Crippen LogP contribution in [-0.4, -0.2) is 61.0 Å². The van der Waals surface area contributed by atoms with Gasteiger partial charge in [0.25, 0.3) is 0 Å². The molecule has 0 amide bonds. The molecule has 0 bridgehead atoms. The van der Waals surface area contributed by atoms with Gasteiger partial charge in [-0.1, -0.05) is 0 Å². The van der Waals surface area contributed by atoms with Crippen molar-refractivity contribution in [2.45, 2.75) is 18.9 Å². The quantitative estimate of drug-likeness (QED) is 0.638. The first-order valence-corrected chi connectivity index (χ1v) is 9.16. The fourth-order valence-electron chi connectivity index (χ4n) is 3.52. The number of nitrogens with zero attached hydrogens (tertiary/aromatic N) is 7. The lowest BCUT2D eigenvalue weighted by Gasteiger charge is -2.34. The summed E-state index contributed by atoms with van der Waals surface area (Å²) in [7, 11) is 0. The van der Waals surface area contributed by atoms with Crippen molar-refractivity contribution in [1.82, 2.24) is 35.5 Å². The fraction of sp³-hybridized carbons (Fsp3) is 0.389. The average Bonchev–Trinajstić information content (AvgIpc) is 3.42. The van der Waals surface area contributed by atoms with E-state index in [4.69, 9.17) is 0 Å². The van der Waals surface area contributed by atoms with Crippen LogP contribution < -0.4 is 10.2 Å². The minimum atomic E-state index is 0. The second kappa shape index (κ2) is 8.89. The predicted molar refractivity (Wildman–Crippen MR) is 113 cm³/mol. The highest BCUT2D eigenvalue weighted by Gasteiger charge is 2.34. The Bertz CT molecular complexity index is 934. The summed E-state index contributed by atoms with van der Waals surface area (Å²) in [5.74, 6) is 1.69. The van der Waals surface area contributed by atoms with E-state index in [0.717, 1.165) is 31.4 Å². The molecular formula is C18H22Cl2N8O. The first-order valence-electron chi connectivity index (χ1n) is 9.16. The molecule has 1 aliphatic carbocycles. The van der Waals surface area contributed by atoms with Gasteiger partial charge in [-0.2, -0.15) is 10.2 Å². The molecular weight excluding hydrogens is 415 g/mol. The van der Waals surface area contributed by atoms with Crippen molar-refractivity contribution in [3.63, 3.8) is 0 Å². The van der Waals surface area contributed by atoms with Gasteiger partial charge in [0, 0.05) is 31.7 Å². The Hall–Kier alpha value is -2.49. The SMILES string of the molecule is Cl.Cl.Oc1cc(-n2nccn2)cnc1-c1ccc(N2CCN[C@@H](C3CC3)C2)nn1. The van der Waals surface area contributed by atoms with Crippen molar-refractivity contribution < 1.29 is 5.11 Å². The number of aromatic hydroxyl groups is 1. The van der Waals surface area contributed by atoms with Crippen LogP contribution in [0.1, 0.15) is 12.8 Å². The third-order valence-electron chi connectivity index (χ3n) is 5.12. The standard InChI is InChI=1S/C18H20N8O.2ClH/c27-16-9-13(26-21-5-6-22-26)10-20-18(16)14-3-4-17(24-23-14)25-8-7-19-15(11-25)12-1-2-12;;/h3-6,9-10,12,15,19,27H,1-2,7-8,11H2;2*1H/t15-;;/m1../s1. The van der Waals surface area contributed by atoms with Crippen LogP contribution in [0.15, 0.2) is 36.8 Å². The number of halogens is 2. The fourth-order valence-corrected chi connectivity index (χ4v) is 3.52. The third-order valence-corrected chi connectivity index (χ3v) is 5.12. The number of nitrogens with one attached hydrogen (secondary N) is 1. The molecule has 1 aliphatic heterocycles. The first-order chi connectivity index (χ1) is 13.3. The van der Waals surface area contributed by atoms with E-state index in [1.54, 1.807) is 24.7 Å². The van der Waals surface area contributed by atoms with Crippen molar-refractivity contribution in [2.24, 2.45) is 5.92 Å². The largest absolute Gasteiger partial charge is 0.506 e. The van der Waals surface area contributed by atoms with E-state index in [9.17, 15) is 5.11 Å². The Morgan fingerprint density at radius 2 is 1.86 bits per heavy atom. The van der Waals surface area contributed by atoms with Crippen molar-refractivity contribution in [3.05, 3.63) is 36.8 Å². The number of pyridine rings is 1. The average molecular weight is 437 g/mol. The summed E-state index contributed by atoms with van der Waals surface area (Å²) in [6.07, 6.45) is 7.38. The van der Waals surface area contributed by atoms with E-state index in [2.05, 4.69) is 35.6 Å². The molecule has 29 heavy (non-hydrogen) atoms. The molecule has 1 saturated heterocycles. The van der Waals surface area contributed by atoms with Crippen molar-refractivity contribution >= 4 is 30.6 Å². The molecule has 5 rings (SSSR count). The number of hydrogen-bond donors (Lipinski definition) is 2. The first kappa shape index (κ1) is 21.2. The summed E-state index contributed by atoms with van der Waals surface area (Å²) in [5, 5.41) is 30.7. The van der Waals surface area contributed by atoms with Crippen LogP contribution in [0.2, 0.25) is 0 Å². The van der Waals surface area contributed by atoms with Crippen LogP contribution in [0.4, 0.5) is 5.82 Å². The zero-order valence-corrected chi connectivity index (χ0v) is 17.2. The lowest BCUT2D eigenvalue weighted by Crippen LogP contribution is -2.52. The van der Waals surface area contributed by atoms with Gasteiger partial charge in [0.05, 0.1) is 18.6 Å². The van der Waals surface area contributed by atoms with E-state index >= 15 is 0 Å². The topological polar surface area (TPSA) is 105 Å². The van der Waals surface area contributed by atoms with Crippen LogP contribution in [0, 0.1) is 5.92 Å². The van der Waals surface area contributed by atoms with Gasteiger partial charge in [-0.3, -0.25) is 0 Å². The van der Waals surface area contributed by atoms with Gasteiger partial charge in [0.15, 0.2) is 5.82 Å². The van der Waals surface area contributed by atoms with E-state index in [0.29, 0.717) is 23.1 Å². The third kappa shape index (κ3) is 4.42. The number of rotatable bonds is 4. The highest BCUT2D eigenvalue weighted by molar-refractivity contribution is 5.85. The van der Waals surface area contributed by atoms with Gasteiger partial charge >= 0.3 is 0 Å². The van der Waals surface area contributed by atoms with Gasteiger partial charge < -0.3 is 15.3 Å². The molecule has 2 fully saturated rings. The van der Waals surface area contributed by atoms with E-state index in [-0.39, 0.29) is 30.6 Å². The van der Waals surface area contributed by atoms with Gasteiger partial charge in [-0.15, -0.1) is 39.8 Å². The molecule has 0 spiro atoms. The molecule has 2 aliphatic rings. The maximum Gasteiger partial charge on any atom is 0.151 e. The van der Waals surface area contributed by atoms with Crippen molar-refractivity contribution in [1.29, 1.82) is 0 Å². The number of hydrogen-bond acceptors (Lipinski definition) is 8. The summed E-state index contributed by atoms with van der Waals surface area (Å²) >= 11 is 0. The minimum Gasteiger partial charge on any atom is -0.506 e. The van der Waals surface area contributed by atoms with Gasteiger partial charge in [-0.05, 0) is 30.9 Å². The molecule has 9 nitrogen and oxygen atoms in total. The van der Waals surface area contributed by atoms with E-state index < -0.39 is 0 Å². The summed E-state index contributed by atoms with van der Waals surface area (Å²) in [5.41, 5.74) is 1.50. The molecule has 1 atom stereocenters. The lowest BCUT2D eigenvalue weighted by molar-refractivity contribution is 0.416. The zero-order valence-electron chi connectivity index (χ0n) is 15.5. The Morgan fingerprint density at radius 3 is 2.52 bits per heavy atom. The number of anilines is 1. The van der Waals surface area contributed by atoms with E-state index in [1.807, 2.05) is 12.1 Å². The van der Waals surface area contributed by atoms with Gasteiger partial charge in [0.2, 0.25) is 0 Å². The number of piperazine rings is 1. The summed E-state index contributed by atoms with van der Waals surface area (Å²) in [6.45, 7) is 2.86. The Labute approximate surface area is 180 Å². The second-order valence-corrected chi connectivity index (χ2v) is 7.00. The monoisotopic (exact) mass is 436 g/mol. The van der Waals surface area contributed by atoms with Crippen LogP contribution in [0.3, 0.4) is 0 Å². The Kier molecular flexibility index (Phi) is 6.51. The number of aromatic nitrogens is 6. The molecule has 0 unspecified atom stereocenters. The maximum atomic E-state index is 10.3. The lowest BCUT2D eigenvalue weighted by atomic mass is 10.1. The normalized spacial score (nSPS) is 18.6. The molecule has 3 aromatic rings. The molecule has 0 radical (unpaired) electrons. The molecule has 3 aromatic heterocycles. The molecule has 4 heterocycles. The van der Waals surface area contributed by atoms with Crippen molar-refractivity contribution in [3.8, 4) is 22.8 Å². The molecule has 1 saturated carbocycles. The second-order valence-electron chi connectivity index (χ2n) is 7.00. The summed E-state index contributed by atoms with van der Waals surface area (Å²) in [4.78, 5) is 7.98. The van der Waals surface area contributed by atoms with Crippen LogP contribution in [0.25, 0.3) is 17.1 Å². The van der Waals surface area contributed by atoms with Crippen LogP contribution in [0.5, 0.6) is 5.75 Å². The highest BCUT2D eigenvalue weighted by Crippen LogP contribution is 2.34. The molecule has 11 heteroatoms. The zero-order chi connectivity index (χ0) is 18.2. The van der Waals surface area contributed by atoms with Crippen LogP contribution in [-0.2, 0) is 0 Å². The highest BCUT2D eigenvalue weighted by atomic mass is 35.5. The minimum absolute atomic E-state index is 0. The molecule has 0 aromatic carbocycles. The smallest absolute Gasteiger partial charge is 0.151 e. The maximum absolute atomic E-state index is 10.3. The van der Waals surface area contributed by atoms with Crippen LogP contribution >= 0.6 is 24.8 Å². The molecule has 154 valence electrons. The van der Waals surface area contributed by atoms with Gasteiger partial charge in [0.1, 0.15) is 22.8 Å². The Balaban J connectivity index is 0.00000120.